The summed E-state index contributed by atoms with van der Waals surface area (Å²) in [6, 6.07) is 1.63. The summed E-state index contributed by atoms with van der Waals surface area (Å²) in [5.74, 6) is 2.85. The third-order valence-electron chi connectivity index (χ3n) is 4.05. The van der Waals surface area contributed by atoms with Crippen LogP contribution in [0.2, 0.25) is 0 Å². The van der Waals surface area contributed by atoms with Crippen molar-refractivity contribution in [1.29, 1.82) is 0 Å². The van der Waals surface area contributed by atoms with Gasteiger partial charge in [-0.3, -0.25) is 4.79 Å². The van der Waals surface area contributed by atoms with E-state index in [1.54, 1.807) is 13.2 Å². The number of aromatic nitrogens is 2. The molecule has 1 aromatic heterocycles. The first-order valence-electron chi connectivity index (χ1n) is 7.11. The zero-order chi connectivity index (χ0) is 13.2. The van der Waals surface area contributed by atoms with Gasteiger partial charge in [-0.1, -0.05) is 0 Å². The van der Waals surface area contributed by atoms with E-state index in [1.165, 1.54) is 0 Å². The Morgan fingerprint density at radius 3 is 2.74 bits per heavy atom. The number of piperidine rings is 1. The number of rotatable bonds is 4. The van der Waals surface area contributed by atoms with E-state index in [9.17, 15) is 4.79 Å². The fraction of sp³-hybridized carbons (Fsp3) is 0.714. The molecule has 1 saturated heterocycles. The molecule has 19 heavy (non-hydrogen) atoms. The van der Waals surface area contributed by atoms with Crippen molar-refractivity contribution in [3.8, 4) is 0 Å². The summed E-state index contributed by atoms with van der Waals surface area (Å²) >= 11 is 0. The first-order chi connectivity index (χ1) is 9.26. The molecule has 1 aliphatic heterocycles. The lowest BCUT2D eigenvalue weighted by atomic mass is 9.98. The average molecular weight is 263 g/mol. The predicted octanol–water partition coefficient (Wildman–Crippen LogP) is 1.51. The minimum atomic E-state index is -0.0223. The maximum atomic E-state index is 11.7. The minimum Gasteiger partial charge on any atom is -0.384 e. The minimum absolute atomic E-state index is 0.0223. The number of anilines is 1. The van der Waals surface area contributed by atoms with E-state index in [1.807, 2.05) is 0 Å². The number of H-pyrrole nitrogens is 1. The molecule has 104 valence electrons. The van der Waals surface area contributed by atoms with Crippen molar-refractivity contribution in [3.63, 3.8) is 0 Å². The molecule has 5 nitrogen and oxygen atoms in total. The molecule has 0 aromatic carbocycles. The standard InChI is InChI=1S/C14H21N3O2/c1-19-9-10-4-6-17(7-5-10)12-8-13(18)16-14(15-12)11-2-3-11/h8,10-11H,2-7,9H2,1H3,(H,15,16,18). The molecule has 0 spiro atoms. The van der Waals surface area contributed by atoms with Crippen LogP contribution in [0.3, 0.4) is 0 Å². The fourth-order valence-corrected chi connectivity index (χ4v) is 2.74. The van der Waals surface area contributed by atoms with Crippen molar-refractivity contribution in [1.82, 2.24) is 9.97 Å². The Morgan fingerprint density at radius 2 is 2.11 bits per heavy atom. The van der Waals surface area contributed by atoms with Crippen LogP contribution in [0, 0.1) is 5.92 Å². The lowest BCUT2D eigenvalue weighted by Crippen LogP contribution is -2.36. The molecular formula is C14H21N3O2. The highest BCUT2D eigenvalue weighted by molar-refractivity contribution is 5.38. The van der Waals surface area contributed by atoms with Crippen LogP contribution in [0.1, 0.15) is 37.4 Å². The van der Waals surface area contributed by atoms with Crippen molar-refractivity contribution < 1.29 is 4.74 Å². The van der Waals surface area contributed by atoms with Crippen molar-refractivity contribution in [2.24, 2.45) is 5.92 Å². The van der Waals surface area contributed by atoms with Gasteiger partial charge in [0.25, 0.3) is 5.56 Å². The third-order valence-corrected chi connectivity index (χ3v) is 4.05. The van der Waals surface area contributed by atoms with E-state index in [0.29, 0.717) is 11.8 Å². The van der Waals surface area contributed by atoms with Gasteiger partial charge in [0.05, 0.1) is 0 Å². The van der Waals surface area contributed by atoms with E-state index >= 15 is 0 Å². The second-order valence-electron chi connectivity index (χ2n) is 5.65. The van der Waals surface area contributed by atoms with E-state index in [4.69, 9.17) is 4.74 Å². The summed E-state index contributed by atoms with van der Waals surface area (Å²) in [7, 11) is 1.76. The van der Waals surface area contributed by atoms with Crippen LogP contribution in [-0.4, -0.2) is 36.8 Å². The zero-order valence-electron chi connectivity index (χ0n) is 11.4. The fourth-order valence-electron chi connectivity index (χ4n) is 2.74. The van der Waals surface area contributed by atoms with Crippen molar-refractivity contribution in [3.05, 3.63) is 22.2 Å². The number of hydrogen-bond donors (Lipinski definition) is 1. The second kappa shape index (κ2) is 5.33. The van der Waals surface area contributed by atoms with Crippen LogP contribution in [0.15, 0.2) is 10.9 Å². The van der Waals surface area contributed by atoms with E-state index < -0.39 is 0 Å². The van der Waals surface area contributed by atoms with Crippen molar-refractivity contribution in [2.45, 2.75) is 31.6 Å². The molecule has 0 atom stereocenters. The van der Waals surface area contributed by atoms with Crippen LogP contribution in [0.5, 0.6) is 0 Å². The highest BCUT2D eigenvalue weighted by Crippen LogP contribution is 2.38. The Balaban J connectivity index is 1.70. The third kappa shape index (κ3) is 2.97. The van der Waals surface area contributed by atoms with E-state index in [-0.39, 0.29) is 5.56 Å². The van der Waals surface area contributed by atoms with Gasteiger partial charge in [-0.2, -0.15) is 0 Å². The molecular weight excluding hydrogens is 242 g/mol. The lowest BCUT2D eigenvalue weighted by Gasteiger charge is -2.32. The van der Waals surface area contributed by atoms with Crippen molar-refractivity contribution >= 4 is 5.82 Å². The van der Waals surface area contributed by atoms with E-state index in [0.717, 1.165) is 57.0 Å². The second-order valence-corrected chi connectivity index (χ2v) is 5.65. The van der Waals surface area contributed by atoms with Gasteiger partial charge in [0, 0.05) is 38.8 Å². The molecule has 1 aliphatic carbocycles. The van der Waals surface area contributed by atoms with E-state index in [2.05, 4.69) is 14.9 Å². The monoisotopic (exact) mass is 263 g/mol. The van der Waals surface area contributed by atoms with Gasteiger partial charge in [-0.05, 0) is 31.6 Å². The molecule has 1 N–H and O–H groups in total. The average Bonchev–Trinajstić information content (AvgIpc) is 3.23. The molecule has 5 heteroatoms. The molecule has 2 aliphatic rings. The molecule has 0 bridgehead atoms. The number of methoxy groups -OCH3 is 1. The number of nitrogens with one attached hydrogen (secondary N) is 1. The Labute approximate surface area is 113 Å². The molecule has 0 amide bonds. The molecule has 2 fully saturated rings. The number of nitrogens with zero attached hydrogens (tertiary/aromatic N) is 2. The van der Waals surface area contributed by atoms with Gasteiger partial charge >= 0.3 is 0 Å². The predicted molar refractivity (Wildman–Crippen MR) is 73.6 cm³/mol. The van der Waals surface area contributed by atoms with Crippen molar-refractivity contribution in [2.75, 3.05) is 31.7 Å². The summed E-state index contributed by atoms with van der Waals surface area (Å²) in [5.41, 5.74) is -0.0223. The molecule has 0 unspecified atom stereocenters. The smallest absolute Gasteiger partial charge is 0.252 e. The van der Waals surface area contributed by atoms with Crippen LogP contribution in [0.25, 0.3) is 0 Å². The van der Waals surface area contributed by atoms with Gasteiger partial charge in [0.15, 0.2) is 0 Å². The van der Waals surface area contributed by atoms with Crippen LogP contribution >= 0.6 is 0 Å². The topological polar surface area (TPSA) is 58.2 Å². The van der Waals surface area contributed by atoms with Crippen LogP contribution in [-0.2, 0) is 4.74 Å². The highest BCUT2D eigenvalue weighted by Gasteiger charge is 2.27. The normalized spacial score (nSPS) is 20.8. The Kier molecular flexibility index (Phi) is 3.55. The Bertz CT molecular complexity index is 488. The SMILES string of the molecule is COCC1CCN(c2cc(=O)[nH]c(C3CC3)n2)CC1. The van der Waals surface area contributed by atoms with Crippen LogP contribution in [0.4, 0.5) is 5.82 Å². The zero-order valence-corrected chi connectivity index (χ0v) is 11.4. The highest BCUT2D eigenvalue weighted by atomic mass is 16.5. The first kappa shape index (κ1) is 12.7. The first-order valence-corrected chi connectivity index (χ1v) is 7.11. The summed E-state index contributed by atoms with van der Waals surface area (Å²) in [5, 5.41) is 0. The Hall–Kier alpha value is -1.36. The summed E-state index contributed by atoms with van der Waals surface area (Å²) in [4.78, 5) is 21.4. The molecule has 3 rings (SSSR count). The van der Waals surface area contributed by atoms with Gasteiger partial charge in [-0.25, -0.2) is 4.98 Å². The number of aromatic amines is 1. The molecule has 2 heterocycles. The largest absolute Gasteiger partial charge is 0.384 e. The Morgan fingerprint density at radius 1 is 1.37 bits per heavy atom. The van der Waals surface area contributed by atoms with Crippen LogP contribution < -0.4 is 10.5 Å². The van der Waals surface area contributed by atoms with Gasteiger partial charge in [0.1, 0.15) is 11.6 Å². The van der Waals surface area contributed by atoms with Gasteiger partial charge in [-0.15, -0.1) is 0 Å². The molecule has 0 radical (unpaired) electrons. The maximum Gasteiger partial charge on any atom is 0.252 e. The number of ether oxygens (including phenoxy) is 1. The lowest BCUT2D eigenvalue weighted by molar-refractivity contribution is 0.139. The maximum absolute atomic E-state index is 11.7. The summed E-state index contributed by atoms with van der Waals surface area (Å²) < 4.78 is 5.21. The quantitative estimate of drug-likeness (QED) is 0.894. The summed E-state index contributed by atoms with van der Waals surface area (Å²) in [6.07, 6.45) is 4.53. The summed E-state index contributed by atoms with van der Waals surface area (Å²) in [6.45, 7) is 2.77. The van der Waals surface area contributed by atoms with Gasteiger partial charge in [0.2, 0.25) is 0 Å². The molecule has 1 saturated carbocycles. The van der Waals surface area contributed by atoms with Gasteiger partial charge < -0.3 is 14.6 Å². The number of hydrogen-bond acceptors (Lipinski definition) is 4. The molecule has 1 aromatic rings.